The van der Waals surface area contributed by atoms with Crippen LogP contribution >= 0.6 is 0 Å². The zero-order chi connectivity index (χ0) is 13.9. The lowest BCUT2D eigenvalue weighted by molar-refractivity contribution is 0.342. The van der Waals surface area contributed by atoms with E-state index in [2.05, 4.69) is 25.5 Å². The van der Waals surface area contributed by atoms with E-state index in [0.29, 0.717) is 18.1 Å². The maximum absolute atomic E-state index is 5.69. The summed E-state index contributed by atoms with van der Waals surface area (Å²) in [5.41, 5.74) is 7.10. The second-order valence-electron chi connectivity index (χ2n) is 4.12. The van der Waals surface area contributed by atoms with Crippen LogP contribution in [0.3, 0.4) is 0 Å². The highest BCUT2D eigenvalue weighted by Crippen LogP contribution is 2.29. The first-order chi connectivity index (χ1) is 9.78. The zero-order valence-corrected chi connectivity index (χ0v) is 10.9. The quantitative estimate of drug-likeness (QED) is 0.671. The molecule has 7 heteroatoms. The standard InChI is InChI=1S/C13H14N6O/c1-2-20-10-6-4-3-5-9(10)16-11-8-7-15-19-12(8)18-13(14)17-11/h3-7H,2H2,1H3,(H4,14,15,16,17,18,19). The van der Waals surface area contributed by atoms with Gasteiger partial charge in [0.05, 0.1) is 23.9 Å². The maximum atomic E-state index is 5.69. The van der Waals surface area contributed by atoms with Gasteiger partial charge in [-0.05, 0) is 19.1 Å². The van der Waals surface area contributed by atoms with Crippen LogP contribution in [0.15, 0.2) is 30.5 Å². The Morgan fingerprint density at radius 2 is 2.15 bits per heavy atom. The molecule has 0 aliphatic rings. The molecule has 0 atom stereocenters. The number of para-hydroxylation sites is 2. The average Bonchev–Trinajstić information content (AvgIpc) is 2.89. The molecule has 0 spiro atoms. The van der Waals surface area contributed by atoms with E-state index in [1.807, 2.05) is 31.2 Å². The van der Waals surface area contributed by atoms with Gasteiger partial charge < -0.3 is 15.8 Å². The number of benzene rings is 1. The van der Waals surface area contributed by atoms with Gasteiger partial charge in [0, 0.05) is 0 Å². The summed E-state index contributed by atoms with van der Waals surface area (Å²) in [6, 6.07) is 7.64. The molecule has 2 heterocycles. The molecule has 0 saturated carbocycles. The van der Waals surface area contributed by atoms with Crippen molar-refractivity contribution in [3.05, 3.63) is 30.5 Å². The first-order valence-electron chi connectivity index (χ1n) is 6.23. The van der Waals surface area contributed by atoms with E-state index < -0.39 is 0 Å². The summed E-state index contributed by atoms with van der Waals surface area (Å²) < 4.78 is 5.57. The van der Waals surface area contributed by atoms with E-state index in [0.717, 1.165) is 16.8 Å². The third-order valence-corrected chi connectivity index (χ3v) is 2.77. The van der Waals surface area contributed by atoms with E-state index in [1.54, 1.807) is 6.20 Å². The number of ether oxygens (including phenoxy) is 1. The van der Waals surface area contributed by atoms with Gasteiger partial charge in [-0.2, -0.15) is 15.1 Å². The Morgan fingerprint density at radius 1 is 1.30 bits per heavy atom. The van der Waals surface area contributed by atoms with Gasteiger partial charge in [-0.15, -0.1) is 0 Å². The number of rotatable bonds is 4. The van der Waals surface area contributed by atoms with Crippen LogP contribution in [0.5, 0.6) is 5.75 Å². The maximum Gasteiger partial charge on any atom is 0.224 e. The molecule has 0 fully saturated rings. The molecule has 20 heavy (non-hydrogen) atoms. The number of aromatic amines is 1. The van der Waals surface area contributed by atoms with Crippen LogP contribution in [0.4, 0.5) is 17.5 Å². The molecule has 4 N–H and O–H groups in total. The molecule has 1 aromatic carbocycles. The van der Waals surface area contributed by atoms with Crippen molar-refractivity contribution in [1.29, 1.82) is 0 Å². The molecular weight excluding hydrogens is 256 g/mol. The molecule has 0 saturated heterocycles. The average molecular weight is 270 g/mol. The fourth-order valence-corrected chi connectivity index (χ4v) is 1.93. The van der Waals surface area contributed by atoms with Crippen molar-refractivity contribution in [2.24, 2.45) is 0 Å². The lowest BCUT2D eigenvalue weighted by Crippen LogP contribution is -2.02. The number of nitrogen functional groups attached to an aromatic ring is 1. The molecule has 0 unspecified atom stereocenters. The van der Waals surface area contributed by atoms with E-state index >= 15 is 0 Å². The Labute approximate surface area is 115 Å². The summed E-state index contributed by atoms with van der Waals surface area (Å²) in [5, 5.41) is 10.7. The minimum Gasteiger partial charge on any atom is -0.492 e. The molecule has 0 aliphatic carbocycles. The van der Waals surface area contributed by atoms with Gasteiger partial charge in [-0.1, -0.05) is 12.1 Å². The van der Waals surface area contributed by atoms with Gasteiger partial charge >= 0.3 is 0 Å². The monoisotopic (exact) mass is 270 g/mol. The second-order valence-corrected chi connectivity index (χ2v) is 4.12. The largest absolute Gasteiger partial charge is 0.492 e. The normalized spacial score (nSPS) is 10.7. The summed E-state index contributed by atoms with van der Waals surface area (Å²) >= 11 is 0. The predicted octanol–water partition coefficient (Wildman–Crippen LogP) is 2.08. The summed E-state index contributed by atoms with van der Waals surface area (Å²) in [4.78, 5) is 8.28. The summed E-state index contributed by atoms with van der Waals surface area (Å²) in [7, 11) is 0. The van der Waals surface area contributed by atoms with Crippen LogP contribution in [-0.4, -0.2) is 26.8 Å². The highest BCUT2D eigenvalue weighted by Gasteiger charge is 2.10. The first kappa shape index (κ1) is 12.2. The van der Waals surface area contributed by atoms with Crippen LogP contribution in [0.1, 0.15) is 6.92 Å². The van der Waals surface area contributed by atoms with Gasteiger partial charge in [0.15, 0.2) is 5.65 Å². The summed E-state index contributed by atoms with van der Waals surface area (Å²) in [5.74, 6) is 1.52. The molecule has 0 bridgehead atoms. The fourth-order valence-electron chi connectivity index (χ4n) is 1.93. The smallest absolute Gasteiger partial charge is 0.224 e. The molecule has 0 amide bonds. The molecule has 7 nitrogen and oxygen atoms in total. The van der Waals surface area contributed by atoms with Crippen molar-refractivity contribution in [2.45, 2.75) is 6.92 Å². The van der Waals surface area contributed by atoms with E-state index in [1.165, 1.54) is 0 Å². The van der Waals surface area contributed by atoms with Gasteiger partial charge in [0.2, 0.25) is 5.95 Å². The number of fused-ring (bicyclic) bond motifs is 1. The highest BCUT2D eigenvalue weighted by molar-refractivity contribution is 5.89. The highest BCUT2D eigenvalue weighted by atomic mass is 16.5. The van der Waals surface area contributed by atoms with Crippen molar-refractivity contribution in [3.8, 4) is 5.75 Å². The van der Waals surface area contributed by atoms with E-state index in [4.69, 9.17) is 10.5 Å². The number of hydrogen-bond acceptors (Lipinski definition) is 6. The molecule has 0 radical (unpaired) electrons. The lowest BCUT2D eigenvalue weighted by atomic mass is 10.3. The van der Waals surface area contributed by atoms with Crippen molar-refractivity contribution in [3.63, 3.8) is 0 Å². The third-order valence-electron chi connectivity index (χ3n) is 2.77. The summed E-state index contributed by atoms with van der Waals surface area (Å²) in [6.45, 7) is 2.53. The van der Waals surface area contributed by atoms with Crippen LogP contribution in [0.2, 0.25) is 0 Å². The van der Waals surface area contributed by atoms with Gasteiger partial charge in [0.25, 0.3) is 0 Å². The molecule has 3 aromatic rings. The number of aromatic nitrogens is 4. The number of nitrogens with two attached hydrogens (primary N) is 1. The van der Waals surface area contributed by atoms with Gasteiger partial charge in [0.1, 0.15) is 11.6 Å². The Morgan fingerprint density at radius 3 is 3.00 bits per heavy atom. The van der Waals surface area contributed by atoms with Crippen LogP contribution in [0.25, 0.3) is 11.0 Å². The molecular formula is C13H14N6O. The van der Waals surface area contributed by atoms with Crippen LogP contribution in [0, 0.1) is 0 Å². The van der Waals surface area contributed by atoms with Gasteiger partial charge in [-0.3, -0.25) is 5.10 Å². The van der Waals surface area contributed by atoms with E-state index in [-0.39, 0.29) is 5.95 Å². The fraction of sp³-hybridized carbons (Fsp3) is 0.154. The number of anilines is 3. The summed E-state index contributed by atoms with van der Waals surface area (Å²) in [6.07, 6.45) is 1.65. The molecule has 0 aliphatic heterocycles. The number of nitrogens with zero attached hydrogens (tertiary/aromatic N) is 3. The minimum absolute atomic E-state index is 0.179. The number of nitrogens with one attached hydrogen (secondary N) is 2. The topological polar surface area (TPSA) is 102 Å². The molecule has 3 rings (SSSR count). The third kappa shape index (κ3) is 2.20. The predicted molar refractivity (Wildman–Crippen MR) is 77.0 cm³/mol. The van der Waals surface area contributed by atoms with Crippen LogP contribution in [-0.2, 0) is 0 Å². The van der Waals surface area contributed by atoms with Gasteiger partial charge in [-0.25, -0.2) is 0 Å². The Hall–Kier alpha value is -2.83. The Kier molecular flexibility index (Phi) is 3.08. The van der Waals surface area contributed by atoms with Crippen LogP contribution < -0.4 is 15.8 Å². The Bertz CT molecular complexity index is 739. The Balaban J connectivity index is 2.03. The van der Waals surface area contributed by atoms with Crippen molar-refractivity contribution in [2.75, 3.05) is 17.7 Å². The van der Waals surface area contributed by atoms with Crippen molar-refractivity contribution < 1.29 is 4.74 Å². The molecule has 2 aromatic heterocycles. The number of hydrogen-bond donors (Lipinski definition) is 3. The van der Waals surface area contributed by atoms with Crippen molar-refractivity contribution in [1.82, 2.24) is 20.2 Å². The molecule has 102 valence electrons. The number of H-pyrrole nitrogens is 1. The van der Waals surface area contributed by atoms with Crippen molar-refractivity contribution >= 4 is 28.5 Å². The zero-order valence-electron chi connectivity index (χ0n) is 10.9. The minimum atomic E-state index is 0.179. The SMILES string of the molecule is CCOc1ccccc1Nc1nc(N)nc2[nH]ncc12. The second kappa shape index (κ2) is 5.04. The lowest BCUT2D eigenvalue weighted by Gasteiger charge is -2.12. The van der Waals surface area contributed by atoms with E-state index in [9.17, 15) is 0 Å². The first-order valence-corrected chi connectivity index (χ1v) is 6.23.